The summed E-state index contributed by atoms with van der Waals surface area (Å²) in [4.78, 5) is -0.546. The molecule has 1 aromatic rings. The summed E-state index contributed by atoms with van der Waals surface area (Å²) in [5, 5.41) is 0. The lowest BCUT2D eigenvalue weighted by Gasteiger charge is -2.27. The molecule has 0 aliphatic heterocycles. The highest BCUT2D eigenvalue weighted by Gasteiger charge is 2.23. The molecule has 1 fully saturated rings. The van der Waals surface area contributed by atoms with Gasteiger partial charge in [0.2, 0.25) is 0 Å². The van der Waals surface area contributed by atoms with E-state index in [1.165, 1.54) is 6.42 Å². The molecular weight excluding hydrogens is 371 g/mol. The summed E-state index contributed by atoms with van der Waals surface area (Å²) < 4.78 is 42.4. The molecule has 0 amide bonds. The van der Waals surface area contributed by atoms with Crippen LogP contribution < -0.4 is 4.74 Å². The Morgan fingerprint density at radius 3 is 2.70 bits per heavy atom. The number of rotatable bonds is 3. The molecule has 0 spiro atoms. The van der Waals surface area contributed by atoms with Crippen molar-refractivity contribution in [1.29, 1.82) is 0 Å². The van der Waals surface area contributed by atoms with Gasteiger partial charge in [-0.2, -0.15) is 0 Å². The van der Waals surface area contributed by atoms with Gasteiger partial charge in [-0.3, -0.25) is 0 Å². The molecule has 0 heterocycles. The minimum Gasteiger partial charge on any atom is -0.489 e. The van der Waals surface area contributed by atoms with Crippen LogP contribution in [0.25, 0.3) is 0 Å². The Morgan fingerprint density at radius 2 is 2.10 bits per heavy atom. The first-order valence-electron chi connectivity index (χ1n) is 6.37. The Balaban J connectivity index is 2.23. The van der Waals surface area contributed by atoms with Crippen molar-refractivity contribution in [1.82, 2.24) is 0 Å². The fourth-order valence-corrected chi connectivity index (χ4v) is 3.95. The summed E-state index contributed by atoms with van der Waals surface area (Å²) in [6.07, 6.45) is 4.14. The van der Waals surface area contributed by atoms with Crippen molar-refractivity contribution < 1.29 is 17.5 Å². The third kappa shape index (κ3) is 3.86. The van der Waals surface area contributed by atoms with Gasteiger partial charge in [0, 0.05) is 16.7 Å². The third-order valence-corrected chi connectivity index (χ3v) is 5.39. The van der Waals surface area contributed by atoms with Crippen LogP contribution in [0.1, 0.15) is 32.6 Å². The number of halogens is 3. The van der Waals surface area contributed by atoms with E-state index < -0.39 is 19.8 Å². The Hall–Kier alpha value is -0.330. The van der Waals surface area contributed by atoms with Gasteiger partial charge in [0.15, 0.2) is 0 Å². The zero-order valence-corrected chi connectivity index (χ0v) is 14.1. The summed E-state index contributed by atoms with van der Waals surface area (Å²) in [5.74, 6) is -0.00686. The zero-order chi connectivity index (χ0) is 14.9. The monoisotopic (exact) mass is 384 g/mol. The molecule has 0 N–H and O–H groups in total. The minimum atomic E-state index is -4.10. The van der Waals surface area contributed by atoms with E-state index in [-0.39, 0.29) is 6.10 Å². The van der Waals surface area contributed by atoms with E-state index in [0.29, 0.717) is 16.1 Å². The fourth-order valence-electron chi connectivity index (χ4n) is 2.45. The quantitative estimate of drug-likeness (QED) is 0.721. The lowest BCUT2D eigenvalue weighted by Crippen LogP contribution is -2.24. The van der Waals surface area contributed by atoms with Crippen LogP contribution in [0.3, 0.4) is 0 Å². The molecule has 112 valence electrons. The second kappa shape index (κ2) is 6.20. The van der Waals surface area contributed by atoms with Crippen molar-refractivity contribution in [3.8, 4) is 5.75 Å². The molecule has 7 heteroatoms. The maximum absolute atomic E-state index is 13.8. The topological polar surface area (TPSA) is 43.4 Å². The first kappa shape index (κ1) is 16.0. The van der Waals surface area contributed by atoms with E-state index in [9.17, 15) is 12.8 Å². The van der Waals surface area contributed by atoms with E-state index in [4.69, 9.17) is 15.4 Å². The number of ether oxygens (including phenoxy) is 1. The van der Waals surface area contributed by atoms with Crippen LogP contribution in [0.2, 0.25) is 0 Å². The molecule has 1 aliphatic carbocycles. The lowest BCUT2D eigenvalue weighted by atomic mass is 9.89. The molecule has 3 nitrogen and oxygen atoms in total. The van der Waals surface area contributed by atoms with Crippen molar-refractivity contribution >= 4 is 35.7 Å². The first-order chi connectivity index (χ1) is 9.27. The van der Waals surface area contributed by atoms with Crippen molar-refractivity contribution in [3.05, 3.63) is 22.4 Å². The summed E-state index contributed by atoms with van der Waals surface area (Å²) in [6, 6.07) is 2.21. The van der Waals surface area contributed by atoms with Crippen LogP contribution in [0.4, 0.5) is 4.39 Å². The van der Waals surface area contributed by atoms with Crippen molar-refractivity contribution in [2.45, 2.75) is 43.6 Å². The van der Waals surface area contributed by atoms with Crippen LogP contribution >= 0.6 is 26.6 Å². The third-order valence-electron chi connectivity index (χ3n) is 3.43. The van der Waals surface area contributed by atoms with Gasteiger partial charge in [-0.1, -0.05) is 13.3 Å². The second-order valence-electron chi connectivity index (χ2n) is 5.16. The molecule has 0 radical (unpaired) electrons. The van der Waals surface area contributed by atoms with Crippen molar-refractivity contribution in [3.63, 3.8) is 0 Å². The summed E-state index contributed by atoms with van der Waals surface area (Å²) >= 11 is 3.20. The number of hydrogen-bond donors (Lipinski definition) is 0. The predicted octanol–water partition coefficient (Wildman–Crippen LogP) is 4.47. The van der Waals surface area contributed by atoms with E-state index in [0.717, 1.165) is 31.4 Å². The molecule has 0 saturated heterocycles. The molecular formula is C13H15BrClFO3S. The molecule has 0 aromatic heterocycles. The molecule has 20 heavy (non-hydrogen) atoms. The van der Waals surface area contributed by atoms with Gasteiger partial charge in [0.25, 0.3) is 9.05 Å². The Bertz CT molecular complexity index is 606. The van der Waals surface area contributed by atoms with Gasteiger partial charge in [0.1, 0.15) is 16.5 Å². The minimum absolute atomic E-state index is 0.0351. The molecule has 1 aromatic carbocycles. The van der Waals surface area contributed by atoms with Crippen LogP contribution in [0.5, 0.6) is 5.75 Å². The van der Waals surface area contributed by atoms with Crippen LogP contribution in [0, 0.1) is 11.7 Å². The largest absolute Gasteiger partial charge is 0.489 e. The fraction of sp³-hybridized carbons (Fsp3) is 0.538. The molecule has 2 unspecified atom stereocenters. The van der Waals surface area contributed by atoms with E-state index in [1.807, 2.05) is 0 Å². The van der Waals surface area contributed by atoms with Gasteiger partial charge in [-0.05, 0) is 47.2 Å². The second-order valence-corrected chi connectivity index (χ2v) is 8.55. The van der Waals surface area contributed by atoms with Crippen LogP contribution in [0.15, 0.2) is 21.5 Å². The Kier molecular flexibility index (Phi) is 4.97. The maximum atomic E-state index is 13.8. The molecule has 0 bridgehead atoms. The van der Waals surface area contributed by atoms with E-state index in [2.05, 4.69) is 22.9 Å². The van der Waals surface area contributed by atoms with Crippen molar-refractivity contribution in [2.75, 3.05) is 0 Å². The highest BCUT2D eigenvalue weighted by atomic mass is 79.9. The first-order valence-corrected chi connectivity index (χ1v) is 9.48. The lowest BCUT2D eigenvalue weighted by molar-refractivity contribution is 0.128. The Morgan fingerprint density at radius 1 is 1.40 bits per heavy atom. The van der Waals surface area contributed by atoms with Crippen LogP contribution in [-0.4, -0.2) is 14.5 Å². The van der Waals surface area contributed by atoms with Crippen molar-refractivity contribution in [2.24, 2.45) is 5.92 Å². The molecule has 1 saturated carbocycles. The highest BCUT2D eigenvalue weighted by Crippen LogP contribution is 2.34. The van der Waals surface area contributed by atoms with Gasteiger partial charge >= 0.3 is 0 Å². The smallest absolute Gasteiger partial charge is 0.264 e. The Labute approximate surface area is 131 Å². The normalized spacial score (nSPS) is 23.6. The van der Waals surface area contributed by atoms with E-state index in [1.54, 1.807) is 0 Å². The van der Waals surface area contributed by atoms with Gasteiger partial charge in [-0.25, -0.2) is 12.8 Å². The SMILES string of the molecule is CC1CCCC(Oc2cc(F)c(S(=O)(=O)Cl)cc2Br)C1. The predicted molar refractivity (Wildman–Crippen MR) is 79.2 cm³/mol. The summed E-state index contributed by atoms with van der Waals surface area (Å²) in [6.45, 7) is 2.16. The van der Waals surface area contributed by atoms with Gasteiger partial charge < -0.3 is 4.74 Å². The van der Waals surface area contributed by atoms with Gasteiger partial charge in [-0.15, -0.1) is 0 Å². The number of benzene rings is 1. The average Bonchev–Trinajstić information content (AvgIpc) is 2.32. The molecule has 2 atom stereocenters. The van der Waals surface area contributed by atoms with E-state index >= 15 is 0 Å². The molecule has 1 aliphatic rings. The standard InChI is InChI=1S/C13H15BrClFO3S/c1-8-3-2-4-9(5-8)19-12-7-11(16)13(6-10(12)14)20(15,17)18/h6-9H,2-5H2,1H3. The average molecular weight is 386 g/mol. The summed E-state index contributed by atoms with van der Waals surface area (Å²) in [7, 11) is 1.07. The molecule has 2 rings (SSSR count). The maximum Gasteiger partial charge on any atom is 0.264 e. The highest BCUT2D eigenvalue weighted by molar-refractivity contribution is 9.10. The summed E-state index contributed by atoms with van der Waals surface area (Å²) in [5.41, 5.74) is 0. The zero-order valence-electron chi connectivity index (χ0n) is 10.9. The van der Waals surface area contributed by atoms with Crippen LogP contribution in [-0.2, 0) is 9.05 Å². The van der Waals surface area contributed by atoms with Gasteiger partial charge in [0.05, 0.1) is 10.6 Å². The number of hydrogen-bond acceptors (Lipinski definition) is 3.